The van der Waals surface area contributed by atoms with Crippen LogP contribution < -0.4 is 16.2 Å². The average Bonchev–Trinajstić information content (AvgIpc) is 3.72. The Balaban J connectivity index is 1.35. The molecular formula is C28H27ClFN5O4. The first-order valence-electron chi connectivity index (χ1n) is 12.8. The summed E-state index contributed by atoms with van der Waals surface area (Å²) in [6, 6.07) is 11.7. The molecule has 2 N–H and O–H groups in total. The van der Waals surface area contributed by atoms with E-state index in [1.165, 1.54) is 41.2 Å². The third-order valence-electron chi connectivity index (χ3n) is 7.12. The van der Waals surface area contributed by atoms with Crippen LogP contribution in [0.3, 0.4) is 0 Å². The van der Waals surface area contributed by atoms with Crippen LogP contribution >= 0.6 is 11.6 Å². The maximum atomic E-state index is 15.0. The maximum absolute atomic E-state index is 15.0. The summed E-state index contributed by atoms with van der Waals surface area (Å²) in [4.78, 5) is 57.7. The summed E-state index contributed by atoms with van der Waals surface area (Å²) < 4.78 is 16.2. The van der Waals surface area contributed by atoms with Crippen molar-refractivity contribution in [1.29, 1.82) is 0 Å². The number of rotatable bonds is 6. The van der Waals surface area contributed by atoms with Crippen LogP contribution in [-0.2, 0) is 14.4 Å². The van der Waals surface area contributed by atoms with Gasteiger partial charge in [-0.3, -0.25) is 23.7 Å². The van der Waals surface area contributed by atoms with Crippen LogP contribution in [0, 0.1) is 23.6 Å². The Hall–Kier alpha value is -4.05. The number of nitrogens with zero attached hydrogens (tertiary/aromatic N) is 3. The number of aromatic nitrogens is 2. The van der Waals surface area contributed by atoms with Crippen LogP contribution in [0.1, 0.15) is 25.7 Å². The van der Waals surface area contributed by atoms with E-state index in [-0.39, 0.29) is 23.0 Å². The Morgan fingerprint density at radius 2 is 1.62 bits per heavy atom. The molecule has 2 aromatic heterocycles. The number of anilines is 2. The number of halogens is 2. The molecule has 39 heavy (non-hydrogen) atoms. The van der Waals surface area contributed by atoms with Gasteiger partial charge in [0.25, 0.3) is 5.56 Å². The molecule has 2 aliphatic rings. The number of nitrogens with one attached hydrogen (secondary N) is 2. The molecule has 5 rings (SSSR count). The van der Waals surface area contributed by atoms with Crippen LogP contribution in [0.2, 0.25) is 5.02 Å². The Morgan fingerprint density at radius 3 is 2.26 bits per heavy atom. The van der Waals surface area contributed by atoms with E-state index >= 15 is 0 Å². The first-order valence-corrected chi connectivity index (χ1v) is 13.2. The topological polar surface area (TPSA) is 113 Å². The lowest BCUT2D eigenvalue weighted by Crippen LogP contribution is -2.35. The fourth-order valence-corrected chi connectivity index (χ4v) is 5.16. The van der Waals surface area contributed by atoms with E-state index in [0.29, 0.717) is 23.8 Å². The van der Waals surface area contributed by atoms with Crippen molar-refractivity contribution in [2.75, 3.05) is 23.7 Å². The van der Waals surface area contributed by atoms with Gasteiger partial charge in [-0.15, -0.1) is 0 Å². The van der Waals surface area contributed by atoms with Crippen molar-refractivity contribution in [2.24, 2.45) is 17.8 Å². The van der Waals surface area contributed by atoms with Gasteiger partial charge in [-0.2, -0.15) is 0 Å². The number of pyridine rings is 2. The summed E-state index contributed by atoms with van der Waals surface area (Å²) in [5.41, 5.74) is -0.144. The fraction of sp³-hybridized carbons (Fsp3) is 0.321. The summed E-state index contributed by atoms with van der Waals surface area (Å²) in [5, 5.41) is 5.59. The van der Waals surface area contributed by atoms with Gasteiger partial charge in [-0.1, -0.05) is 30.5 Å². The van der Waals surface area contributed by atoms with Crippen LogP contribution in [0.4, 0.5) is 15.9 Å². The summed E-state index contributed by atoms with van der Waals surface area (Å²) in [7, 11) is 0. The van der Waals surface area contributed by atoms with Crippen molar-refractivity contribution in [2.45, 2.75) is 25.7 Å². The van der Waals surface area contributed by atoms with E-state index in [1.807, 2.05) is 0 Å². The van der Waals surface area contributed by atoms with Gasteiger partial charge < -0.3 is 15.5 Å². The first-order chi connectivity index (χ1) is 18.8. The van der Waals surface area contributed by atoms with Crippen LogP contribution in [0.25, 0.3) is 5.69 Å². The highest BCUT2D eigenvalue weighted by Gasteiger charge is 2.63. The maximum Gasteiger partial charge on any atom is 0.255 e. The van der Waals surface area contributed by atoms with Gasteiger partial charge in [0.05, 0.1) is 34.2 Å². The SMILES string of the molecule is O=C(Nc1ccc(-n2ccccc2=O)cc1F)[C@@H]1C(C(=O)N2CCCCCC2)[C@@H]1C(=O)Nc1ccc(Cl)cn1. The number of carbonyl (C=O) groups excluding carboxylic acids is 3. The number of hydrogen-bond acceptors (Lipinski definition) is 5. The van der Waals surface area contributed by atoms with Gasteiger partial charge in [-0.25, -0.2) is 9.37 Å². The van der Waals surface area contributed by atoms with Gasteiger partial charge in [-0.05, 0) is 43.2 Å². The molecule has 202 valence electrons. The standard InChI is InChI=1S/C28H27ClFN5O4/c29-17-8-11-21(31-16-17)33-27(38)24-23(25(24)28(39)34-12-4-1-2-5-13-34)26(37)32-20-10-9-18(15-19(20)30)35-14-6-3-7-22(35)36/h3,6-11,14-16,23-25H,1-2,4-5,12-13H2,(H,32,37)(H,31,33,38)/t23-,24+,25?/m0/s1. The van der Waals surface area contributed by atoms with E-state index < -0.39 is 35.4 Å². The molecule has 0 radical (unpaired) electrons. The van der Waals surface area contributed by atoms with Crippen molar-refractivity contribution in [1.82, 2.24) is 14.5 Å². The summed E-state index contributed by atoms with van der Waals surface area (Å²) in [6.45, 7) is 1.15. The molecule has 0 spiro atoms. The number of carbonyl (C=O) groups is 3. The molecule has 0 bridgehead atoms. The van der Waals surface area contributed by atoms with E-state index in [0.717, 1.165) is 31.7 Å². The van der Waals surface area contributed by atoms with E-state index in [2.05, 4.69) is 15.6 Å². The van der Waals surface area contributed by atoms with E-state index in [9.17, 15) is 23.6 Å². The molecule has 2 fully saturated rings. The smallest absolute Gasteiger partial charge is 0.255 e. The lowest BCUT2D eigenvalue weighted by atomic mass is 10.2. The minimum atomic E-state index is -0.969. The zero-order valence-electron chi connectivity index (χ0n) is 21.0. The Bertz CT molecular complexity index is 1450. The summed E-state index contributed by atoms with van der Waals surface area (Å²) >= 11 is 5.87. The third kappa shape index (κ3) is 5.85. The Kier molecular flexibility index (Phi) is 7.74. The molecule has 3 atom stereocenters. The molecule has 1 unspecified atom stereocenters. The highest BCUT2D eigenvalue weighted by Crippen LogP contribution is 2.49. The average molecular weight is 552 g/mol. The van der Waals surface area contributed by atoms with Gasteiger partial charge >= 0.3 is 0 Å². The van der Waals surface area contributed by atoms with Crippen molar-refractivity contribution in [3.8, 4) is 5.69 Å². The number of likely N-dealkylation sites (tertiary alicyclic amines) is 1. The molecular weight excluding hydrogens is 525 g/mol. The van der Waals surface area contributed by atoms with Crippen LogP contribution in [0.15, 0.2) is 65.7 Å². The molecule has 1 saturated carbocycles. The number of hydrogen-bond donors (Lipinski definition) is 2. The molecule has 1 aliphatic heterocycles. The van der Waals surface area contributed by atoms with Gasteiger partial charge in [0.15, 0.2) is 0 Å². The van der Waals surface area contributed by atoms with Crippen molar-refractivity contribution >= 4 is 40.8 Å². The van der Waals surface area contributed by atoms with Crippen LogP contribution in [-0.4, -0.2) is 45.3 Å². The quantitative estimate of drug-likeness (QED) is 0.483. The largest absolute Gasteiger partial charge is 0.342 e. The molecule has 1 aliphatic carbocycles. The van der Waals surface area contributed by atoms with E-state index in [1.54, 1.807) is 23.1 Å². The van der Waals surface area contributed by atoms with Gasteiger partial charge in [0.2, 0.25) is 17.7 Å². The van der Waals surface area contributed by atoms with Crippen molar-refractivity contribution in [3.05, 3.63) is 82.1 Å². The summed E-state index contributed by atoms with van der Waals surface area (Å²) in [6.07, 6.45) is 6.66. The highest BCUT2D eigenvalue weighted by atomic mass is 35.5. The van der Waals surface area contributed by atoms with Gasteiger partial charge in [0, 0.05) is 37.6 Å². The highest BCUT2D eigenvalue weighted by molar-refractivity contribution is 6.30. The second-order valence-electron chi connectivity index (χ2n) is 9.73. The lowest BCUT2D eigenvalue weighted by Gasteiger charge is -2.20. The second-order valence-corrected chi connectivity index (χ2v) is 10.2. The molecule has 3 heterocycles. The number of amides is 3. The summed E-state index contributed by atoms with van der Waals surface area (Å²) in [5.74, 6) is -4.66. The van der Waals surface area contributed by atoms with Crippen LogP contribution in [0.5, 0.6) is 0 Å². The zero-order chi connectivity index (χ0) is 27.5. The van der Waals surface area contributed by atoms with E-state index in [4.69, 9.17) is 11.6 Å². The normalized spacial score (nSPS) is 20.6. The lowest BCUT2D eigenvalue weighted by molar-refractivity contribution is -0.134. The number of benzene rings is 1. The first kappa shape index (κ1) is 26.6. The minimum Gasteiger partial charge on any atom is -0.342 e. The van der Waals surface area contributed by atoms with Gasteiger partial charge in [0.1, 0.15) is 11.6 Å². The minimum absolute atomic E-state index is 0.112. The molecule has 9 nitrogen and oxygen atoms in total. The molecule has 1 saturated heterocycles. The fourth-order valence-electron chi connectivity index (χ4n) is 5.04. The Labute approximate surface area is 229 Å². The third-order valence-corrected chi connectivity index (χ3v) is 7.34. The molecule has 3 amide bonds. The molecule has 3 aromatic rings. The zero-order valence-corrected chi connectivity index (χ0v) is 21.7. The second kappa shape index (κ2) is 11.4. The van der Waals surface area contributed by atoms with Crippen molar-refractivity contribution in [3.63, 3.8) is 0 Å². The van der Waals surface area contributed by atoms with Crippen molar-refractivity contribution < 1.29 is 18.8 Å². The predicted molar refractivity (Wildman–Crippen MR) is 144 cm³/mol. The molecule has 1 aromatic carbocycles. The monoisotopic (exact) mass is 551 g/mol. The predicted octanol–water partition coefficient (Wildman–Crippen LogP) is 3.87. The molecule has 11 heteroatoms. The Morgan fingerprint density at radius 1 is 0.897 bits per heavy atom.